The molecule has 0 aliphatic heterocycles. The fourth-order valence-corrected chi connectivity index (χ4v) is 4.01. The third-order valence-corrected chi connectivity index (χ3v) is 5.61. The maximum atomic E-state index is 12.6. The Morgan fingerprint density at radius 1 is 1.60 bits per heavy atom. The Morgan fingerprint density at radius 3 is 2.90 bits per heavy atom. The molecule has 20 heavy (non-hydrogen) atoms. The van der Waals surface area contributed by atoms with Crippen molar-refractivity contribution in [1.29, 1.82) is 0 Å². The standard InChI is InChI=1S/C11H18N4O3S2/c1-8(16)4-5-14(3)20(17,18)10-9(12-2)13-11-15(10)6-7-19-11/h6-8,12,16H,4-5H2,1-3H3. The zero-order valence-corrected chi connectivity index (χ0v) is 13.2. The van der Waals surface area contributed by atoms with Crippen molar-refractivity contribution in [2.45, 2.75) is 24.5 Å². The van der Waals surface area contributed by atoms with Crippen LogP contribution < -0.4 is 5.32 Å². The van der Waals surface area contributed by atoms with Gasteiger partial charge in [0.05, 0.1) is 6.10 Å². The van der Waals surface area contributed by atoms with E-state index >= 15 is 0 Å². The minimum Gasteiger partial charge on any atom is -0.393 e. The number of nitrogens with one attached hydrogen (secondary N) is 1. The lowest BCUT2D eigenvalue weighted by Gasteiger charge is -2.18. The summed E-state index contributed by atoms with van der Waals surface area (Å²) in [6.07, 6.45) is 1.53. The van der Waals surface area contributed by atoms with E-state index in [1.54, 1.807) is 29.9 Å². The van der Waals surface area contributed by atoms with Gasteiger partial charge in [-0.1, -0.05) is 0 Å². The number of sulfonamides is 1. The Hall–Kier alpha value is -1.16. The number of thiazole rings is 1. The van der Waals surface area contributed by atoms with Gasteiger partial charge in [-0.05, 0) is 13.3 Å². The first-order chi connectivity index (χ1) is 9.37. The molecule has 0 fully saturated rings. The van der Waals surface area contributed by atoms with Crippen LogP contribution in [0.2, 0.25) is 0 Å². The minimum atomic E-state index is -3.66. The highest BCUT2D eigenvalue weighted by Gasteiger charge is 2.29. The number of aliphatic hydroxyl groups is 1. The summed E-state index contributed by atoms with van der Waals surface area (Å²) in [7, 11) is -0.521. The van der Waals surface area contributed by atoms with Crippen molar-refractivity contribution in [2.24, 2.45) is 0 Å². The first kappa shape index (κ1) is 15.2. The first-order valence-electron chi connectivity index (χ1n) is 6.15. The molecule has 2 rings (SSSR count). The Balaban J connectivity index is 2.42. The highest BCUT2D eigenvalue weighted by Crippen LogP contribution is 2.27. The summed E-state index contributed by atoms with van der Waals surface area (Å²) in [5.74, 6) is 0.334. The van der Waals surface area contributed by atoms with Gasteiger partial charge in [0.15, 0.2) is 15.8 Å². The van der Waals surface area contributed by atoms with E-state index in [2.05, 4.69) is 10.3 Å². The van der Waals surface area contributed by atoms with Crippen molar-refractivity contribution < 1.29 is 13.5 Å². The van der Waals surface area contributed by atoms with Gasteiger partial charge < -0.3 is 10.4 Å². The second kappa shape index (κ2) is 5.68. The van der Waals surface area contributed by atoms with Crippen molar-refractivity contribution in [1.82, 2.24) is 13.7 Å². The molecule has 0 bridgehead atoms. The van der Waals surface area contributed by atoms with E-state index in [0.717, 1.165) is 0 Å². The molecule has 0 saturated carbocycles. The molecule has 0 aromatic carbocycles. The van der Waals surface area contributed by atoms with E-state index < -0.39 is 16.1 Å². The van der Waals surface area contributed by atoms with Gasteiger partial charge in [0.1, 0.15) is 0 Å². The third-order valence-electron chi connectivity index (χ3n) is 2.97. The Kier molecular flexibility index (Phi) is 4.33. The lowest BCUT2D eigenvalue weighted by atomic mass is 10.3. The van der Waals surface area contributed by atoms with Crippen LogP contribution in [-0.2, 0) is 10.0 Å². The summed E-state index contributed by atoms with van der Waals surface area (Å²) >= 11 is 1.37. The second-order valence-electron chi connectivity index (χ2n) is 4.54. The molecule has 1 atom stereocenters. The van der Waals surface area contributed by atoms with Gasteiger partial charge in [-0.2, -0.15) is 4.31 Å². The first-order valence-corrected chi connectivity index (χ1v) is 8.47. The number of fused-ring (bicyclic) bond motifs is 1. The lowest BCUT2D eigenvalue weighted by molar-refractivity contribution is 0.177. The molecule has 0 aliphatic rings. The van der Waals surface area contributed by atoms with Gasteiger partial charge in [-0.25, -0.2) is 13.4 Å². The molecule has 2 heterocycles. The Morgan fingerprint density at radius 2 is 2.30 bits per heavy atom. The molecule has 0 spiro atoms. The van der Waals surface area contributed by atoms with E-state index in [1.807, 2.05) is 0 Å². The Bertz CT molecular complexity index is 690. The van der Waals surface area contributed by atoms with Crippen LogP contribution in [0.25, 0.3) is 4.96 Å². The van der Waals surface area contributed by atoms with Crippen LogP contribution in [0.3, 0.4) is 0 Å². The van der Waals surface area contributed by atoms with Gasteiger partial charge in [0.2, 0.25) is 0 Å². The van der Waals surface area contributed by atoms with Gasteiger partial charge in [-0.3, -0.25) is 4.40 Å². The van der Waals surface area contributed by atoms with Crippen molar-refractivity contribution >= 4 is 32.1 Å². The van der Waals surface area contributed by atoms with Crippen LogP contribution in [0, 0.1) is 0 Å². The monoisotopic (exact) mass is 318 g/mol. The largest absolute Gasteiger partial charge is 0.393 e. The van der Waals surface area contributed by atoms with Crippen molar-refractivity contribution in [2.75, 3.05) is 26.0 Å². The molecular weight excluding hydrogens is 300 g/mol. The zero-order chi connectivity index (χ0) is 14.9. The molecule has 0 amide bonds. The highest BCUT2D eigenvalue weighted by molar-refractivity contribution is 7.89. The lowest BCUT2D eigenvalue weighted by Crippen LogP contribution is -2.30. The second-order valence-corrected chi connectivity index (χ2v) is 7.37. The number of anilines is 1. The summed E-state index contributed by atoms with van der Waals surface area (Å²) in [5.41, 5.74) is 0. The average molecular weight is 318 g/mol. The van der Waals surface area contributed by atoms with E-state index in [0.29, 0.717) is 17.2 Å². The van der Waals surface area contributed by atoms with Crippen molar-refractivity contribution in [3.05, 3.63) is 11.6 Å². The van der Waals surface area contributed by atoms with Crippen LogP contribution >= 0.6 is 11.3 Å². The van der Waals surface area contributed by atoms with Gasteiger partial charge >= 0.3 is 0 Å². The third kappa shape index (κ3) is 2.66. The van der Waals surface area contributed by atoms with Crippen LogP contribution in [0.5, 0.6) is 0 Å². The summed E-state index contributed by atoms with van der Waals surface area (Å²) < 4.78 is 28.1. The van der Waals surface area contributed by atoms with E-state index in [1.165, 1.54) is 22.7 Å². The SMILES string of the molecule is CNc1nc2sccn2c1S(=O)(=O)N(C)CCC(C)O. The summed E-state index contributed by atoms with van der Waals surface area (Å²) in [4.78, 5) is 4.87. The highest BCUT2D eigenvalue weighted by atomic mass is 32.2. The number of imidazole rings is 1. The molecule has 9 heteroatoms. The number of rotatable bonds is 6. The molecule has 0 radical (unpaired) electrons. The molecule has 2 aromatic heterocycles. The number of aromatic nitrogens is 2. The van der Waals surface area contributed by atoms with Crippen LogP contribution in [0.1, 0.15) is 13.3 Å². The molecule has 2 aromatic rings. The Labute approximate surface area is 121 Å². The van der Waals surface area contributed by atoms with Gasteiger partial charge in [-0.15, -0.1) is 11.3 Å². The number of nitrogens with zero attached hydrogens (tertiary/aromatic N) is 3. The molecular formula is C11H18N4O3S2. The van der Waals surface area contributed by atoms with Crippen molar-refractivity contribution in [3.63, 3.8) is 0 Å². The zero-order valence-electron chi connectivity index (χ0n) is 11.6. The predicted octanol–water partition coefficient (Wildman–Crippen LogP) is 0.829. The van der Waals surface area contributed by atoms with E-state index in [9.17, 15) is 13.5 Å². The smallest absolute Gasteiger partial charge is 0.262 e. The summed E-state index contributed by atoms with van der Waals surface area (Å²) in [6.45, 7) is 1.88. The van der Waals surface area contributed by atoms with Crippen LogP contribution in [0.15, 0.2) is 16.6 Å². The minimum absolute atomic E-state index is 0.129. The molecule has 0 saturated heterocycles. The van der Waals surface area contributed by atoms with Crippen LogP contribution in [-0.4, -0.2) is 54.0 Å². The summed E-state index contributed by atoms with van der Waals surface area (Å²) in [6, 6.07) is 0. The number of hydrogen-bond donors (Lipinski definition) is 2. The number of hydrogen-bond acceptors (Lipinski definition) is 6. The fourth-order valence-electron chi connectivity index (χ4n) is 1.81. The number of aliphatic hydroxyl groups excluding tert-OH is 1. The summed E-state index contributed by atoms with van der Waals surface area (Å²) in [5, 5.41) is 14.0. The predicted molar refractivity (Wildman–Crippen MR) is 78.7 cm³/mol. The van der Waals surface area contributed by atoms with Gasteiger partial charge in [0.25, 0.3) is 10.0 Å². The maximum absolute atomic E-state index is 12.6. The molecule has 1 unspecified atom stereocenters. The van der Waals surface area contributed by atoms with Gasteiger partial charge in [0, 0.05) is 32.2 Å². The molecule has 112 valence electrons. The van der Waals surface area contributed by atoms with Crippen molar-refractivity contribution in [3.8, 4) is 0 Å². The normalized spacial score (nSPS) is 14.1. The topological polar surface area (TPSA) is 86.9 Å². The van der Waals surface area contributed by atoms with E-state index in [-0.39, 0.29) is 11.6 Å². The van der Waals surface area contributed by atoms with Crippen LogP contribution in [0.4, 0.5) is 5.82 Å². The molecule has 0 aliphatic carbocycles. The molecule has 7 nitrogen and oxygen atoms in total. The van der Waals surface area contributed by atoms with E-state index in [4.69, 9.17) is 0 Å². The maximum Gasteiger partial charge on any atom is 0.262 e. The quantitative estimate of drug-likeness (QED) is 0.824. The average Bonchev–Trinajstić information content (AvgIpc) is 2.94. The fraction of sp³-hybridized carbons (Fsp3) is 0.545. The molecule has 2 N–H and O–H groups in total.